The van der Waals surface area contributed by atoms with Crippen molar-refractivity contribution >= 4 is 40.1 Å². The molecule has 170 valence electrons. The van der Waals surface area contributed by atoms with Crippen molar-refractivity contribution in [3.8, 4) is 11.8 Å². The molecule has 0 radical (unpaired) electrons. The van der Waals surface area contributed by atoms with Crippen LogP contribution in [0.5, 0.6) is 0 Å². The molecule has 1 aliphatic carbocycles. The number of fused-ring (bicyclic) bond motifs is 1. The van der Waals surface area contributed by atoms with Gasteiger partial charge in [-0.25, -0.2) is 9.37 Å². The summed E-state index contributed by atoms with van der Waals surface area (Å²) in [4.78, 5) is 30.2. The van der Waals surface area contributed by atoms with Crippen molar-refractivity contribution in [2.24, 2.45) is 0 Å². The second kappa shape index (κ2) is 7.93. The highest BCUT2D eigenvalue weighted by Gasteiger charge is 2.48. The topological polar surface area (TPSA) is 161 Å². The summed E-state index contributed by atoms with van der Waals surface area (Å²) in [6, 6.07) is 7.87. The third kappa shape index (κ3) is 3.45. The van der Waals surface area contributed by atoms with E-state index >= 15 is 0 Å². The van der Waals surface area contributed by atoms with Gasteiger partial charge in [-0.2, -0.15) is 15.2 Å². The zero-order valence-electron chi connectivity index (χ0n) is 17.6. The molecule has 3 heterocycles. The number of anilines is 3. The third-order valence-electron chi connectivity index (χ3n) is 5.82. The molecule has 4 aromatic rings. The van der Waals surface area contributed by atoms with Gasteiger partial charge in [0.1, 0.15) is 34.6 Å². The monoisotopic (exact) mass is 477 g/mol. The largest absolute Gasteiger partial charge is 0.382 e. The fraction of sp³-hybridized carbons (Fsp3) is 0.182. The van der Waals surface area contributed by atoms with Gasteiger partial charge in [0.2, 0.25) is 5.95 Å². The van der Waals surface area contributed by atoms with Crippen LogP contribution in [0.1, 0.15) is 24.2 Å². The number of hydrogen-bond acceptors (Lipinski definition) is 9. The van der Waals surface area contributed by atoms with E-state index in [1.807, 2.05) is 6.07 Å². The second-order valence-electron chi connectivity index (χ2n) is 7.98. The van der Waals surface area contributed by atoms with E-state index in [1.54, 1.807) is 18.3 Å². The molecule has 0 bridgehead atoms. The number of nitrogens with zero attached hydrogens (tertiary/aromatic N) is 6. The molecule has 1 aliphatic rings. The van der Waals surface area contributed by atoms with Gasteiger partial charge in [0.05, 0.1) is 22.3 Å². The quantitative estimate of drug-likeness (QED) is 0.392. The minimum atomic E-state index is -0.654. The molecular formula is C22H17ClFN9O. The van der Waals surface area contributed by atoms with Gasteiger partial charge >= 0.3 is 0 Å². The minimum absolute atomic E-state index is 0.0128. The minimum Gasteiger partial charge on any atom is -0.382 e. The van der Waals surface area contributed by atoms with E-state index in [1.165, 1.54) is 22.9 Å². The molecule has 10 nitrogen and oxygen atoms in total. The summed E-state index contributed by atoms with van der Waals surface area (Å²) in [5.41, 5.74) is 10.8. The van der Waals surface area contributed by atoms with Crippen LogP contribution in [0.2, 0.25) is 5.02 Å². The fourth-order valence-corrected chi connectivity index (χ4v) is 4.15. The van der Waals surface area contributed by atoms with Crippen LogP contribution in [0.15, 0.2) is 41.5 Å². The molecule has 3 aromatic heterocycles. The average Bonchev–Trinajstić information content (AvgIpc) is 3.61. The predicted octanol–water partition coefficient (Wildman–Crippen LogP) is 2.54. The number of hydrogen-bond donors (Lipinski definition) is 3. The summed E-state index contributed by atoms with van der Waals surface area (Å²) in [6.45, 7) is 0.234. The number of nitrogens with one attached hydrogen (secondary N) is 1. The van der Waals surface area contributed by atoms with Gasteiger partial charge in [-0.15, -0.1) is 0 Å². The Balaban J connectivity index is 1.67. The lowest BCUT2D eigenvalue weighted by Gasteiger charge is -2.22. The van der Waals surface area contributed by atoms with Gasteiger partial charge in [0, 0.05) is 18.2 Å². The Morgan fingerprint density at radius 2 is 2.03 bits per heavy atom. The molecular weight excluding hydrogens is 461 g/mol. The van der Waals surface area contributed by atoms with Crippen molar-refractivity contribution < 1.29 is 4.39 Å². The van der Waals surface area contributed by atoms with E-state index in [0.717, 1.165) is 0 Å². The van der Waals surface area contributed by atoms with Gasteiger partial charge in [-0.1, -0.05) is 11.6 Å². The molecule has 1 fully saturated rings. The Bertz CT molecular complexity index is 1540. The Labute approximate surface area is 197 Å². The average molecular weight is 478 g/mol. The highest BCUT2D eigenvalue weighted by molar-refractivity contribution is 6.35. The fourth-order valence-electron chi connectivity index (χ4n) is 3.92. The van der Waals surface area contributed by atoms with Gasteiger partial charge in [-0.3, -0.25) is 14.3 Å². The molecule has 34 heavy (non-hydrogen) atoms. The summed E-state index contributed by atoms with van der Waals surface area (Å²) in [5.74, 6) is -0.265. The van der Waals surface area contributed by atoms with Crippen molar-refractivity contribution in [2.45, 2.75) is 18.3 Å². The number of pyridine rings is 1. The van der Waals surface area contributed by atoms with E-state index in [4.69, 9.17) is 23.1 Å². The highest BCUT2D eigenvalue weighted by Crippen LogP contribution is 2.48. The van der Waals surface area contributed by atoms with Crippen LogP contribution in [0.25, 0.3) is 16.6 Å². The number of nitriles is 1. The Morgan fingerprint density at radius 3 is 2.71 bits per heavy atom. The van der Waals surface area contributed by atoms with Crippen molar-refractivity contribution in [3.05, 3.63) is 69.2 Å². The molecule has 0 atom stereocenters. The lowest BCUT2D eigenvalue weighted by atomic mass is 10.0. The Hall–Kier alpha value is -4.30. The first kappa shape index (κ1) is 21.5. The van der Waals surface area contributed by atoms with Gasteiger partial charge in [0.25, 0.3) is 5.56 Å². The number of nitrogens with two attached hydrogens (primary N) is 2. The lowest BCUT2D eigenvalue weighted by Crippen LogP contribution is -2.32. The first-order valence-electron chi connectivity index (χ1n) is 10.2. The first-order valence-corrected chi connectivity index (χ1v) is 10.6. The van der Waals surface area contributed by atoms with Crippen LogP contribution < -0.4 is 22.3 Å². The number of benzene rings is 1. The predicted molar refractivity (Wildman–Crippen MR) is 125 cm³/mol. The molecule has 0 amide bonds. The van der Waals surface area contributed by atoms with Crippen LogP contribution in [-0.2, 0) is 5.41 Å². The molecule has 0 aliphatic heterocycles. The van der Waals surface area contributed by atoms with Crippen LogP contribution in [0.4, 0.5) is 22.0 Å². The summed E-state index contributed by atoms with van der Waals surface area (Å²) < 4.78 is 16.1. The van der Waals surface area contributed by atoms with Crippen molar-refractivity contribution in [1.82, 2.24) is 24.5 Å². The zero-order valence-corrected chi connectivity index (χ0v) is 18.3. The third-order valence-corrected chi connectivity index (χ3v) is 6.13. The summed E-state index contributed by atoms with van der Waals surface area (Å²) in [7, 11) is 0. The van der Waals surface area contributed by atoms with Crippen LogP contribution in [0, 0.1) is 17.1 Å². The first-order chi connectivity index (χ1) is 16.3. The van der Waals surface area contributed by atoms with Crippen LogP contribution in [-0.4, -0.2) is 31.0 Å². The normalized spacial score (nSPS) is 14.0. The smallest absolute Gasteiger partial charge is 0.267 e. The molecule has 5 rings (SSSR count). The maximum absolute atomic E-state index is 14.7. The second-order valence-corrected chi connectivity index (χ2v) is 8.38. The molecule has 12 heteroatoms. The summed E-state index contributed by atoms with van der Waals surface area (Å²) in [5, 5.41) is 12.6. The number of aromatic nitrogens is 5. The summed E-state index contributed by atoms with van der Waals surface area (Å²) in [6.07, 6.45) is 4.41. The Kier molecular flexibility index (Phi) is 5.02. The number of nitrogen functional groups attached to an aromatic ring is 2. The molecule has 0 spiro atoms. The highest BCUT2D eigenvalue weighted by atomic mass is 35.5. The van der Waals surface area contributed by atoms with Crippen molar-refractivity contribution in [2.75, 3.05) is 23.3 Å². The molecule has 0 unspecified atom stereocenters. The maximum atomic E-state index is 14.7. The number of rotatable bonds is 5. The molecule has 5 N–H and O–H groups in total. The van der Waals surface area contributed by atoms with Crippen LogP contribution >= 0.6 is 11.6 Å². The van der Waals surface area contributed by atoms with Gasteiger partial charge in [-0.05, 0) is 37.1 Å². The molecule has 1 saturated carbocycles. The Morgan fingerprint density at radius 1 is 1.24 bits per heavy atom. The van der Waals surface area contributed by atoms with Gasteiger partial charge < -0.3 is 16.8 Å². The van der Waals surface area contributed by atoms with Crippen molar-refractivity contribution in [3.63, 3.8) is 0 Å². The van der Waals surface area contributed by atoms with Crippen molar-refractivity contribution in [1.29, 1.82) is 5.26 Å². The van der Waals surface area contributed by atoms with E-state index in [-0.39, 0.29) is 45.6 Å². The SMILES string of the molecule is N#Cc1c(N)nc(N)nc1NCC1(c2nc3c(F)ccc(Cl)c3c(=O)n2-c2cccnc2)CC1. The molecule has 1 aromatic carbocycles. The standard InChI is InChI=1S/C22H17ClFN9O/c23-13-3-4-14(24)16-15(13)19(34)33(11-2-1-7-28-9-11)20(30-16)22(5-6-22)10-29-18-12(8-25)17(26)31-21(27)32-18/h1-4,7,9H,5-6,10H2,(H5,26,27,29,31,32). The molecule has 0 saturated heterocycles. The maximum Gasteiger partial charge on any atom is 0.267 e. The van der Waals surface area contributed by atoms with E-state index in [2.05, 4.69) is 25.3 Å². The van der Waals surface area contributed by atoms with E-state index in [9.17, 15) is 14.4 Å². The van der Waals surface area contributed by atoms with E-state index < -0.39 is 16.8 Å². The van der Waals surface area contributed by atoms with Crippen LogP contribution in [0.3, 0.4) is 0 Å². The summed E-state index contributed by atoms with van der Waals surface area (Å²) >= 11 is 6.26. The van der Waals surface area contributed by atoms with Gasteiger partial charge in [0.15, 0.2) is 5.82 Å². The zero-order chi connectivity index (χ0) is 24.0. The lowest BCUT2D eigenvalue weighted by molar-refractivity contribution is 0.616. The number of halogens is 2. The van der Waals surface area contributed by atoms with E-state index in [0.29, 0.717) is 24.4 Å².